The van der Waals surface area contributed by atoms with E-state index < -0.39 is 84.9 Å². The number of benzene rings is 1. The van der Waals surface area contributed by atoms with Crippen LogP contribution in [0.2, 0.25) is 0 Å². The molecule has 0 saturated heterocycles. The molecule has 16 nitrogen and oxygen atoms in total. The van der Waals surface area contributed by atoms with E-state index in [0.717, 1.165) is 0 Å². The zero-order valence-corrected chi connectivity index (χ0v) is 20.1. The minimum Gasteiger partial charge on any atom is -0.508 e. The van der Waals surface area contributed by atoms with Crippen LogP contribution in [-0.4, -0.2) is 81.0 Å². The average Bonchev–Trinajstić information content (AvgIpc) is 2.81. The molecule has 0 heterocycles. The van der Waals surface area contributed by atoms with Gasteiger partial charge in [-0.15, -0.1) is 0 Å². The fraction of sp³-hybridized carbons (Fsp3) is 0.409. The monoisotopic (exact) mass is 538 g/mol. The van der Waals surface area contributed by atoms with Gasteiger partial charge in [-0.25, -0.2) is 4.79 Å². The standard InChI is InChI=1S/C22H30N6O10/c23-12(5-6-18(32)33)19(34)26-13(8-16(24)30)20(35)27-14(9-17(25)31)21(36)28-15(22(37)38)7-10-1-3-11(29)4-2-10/h1-4,12-15,29H,5-9,23H2,(H2,24,30)(H2,25,31)(H,26,34)(H,27,35)(H,28,36)(H,32,33)(H,37,38). The second-order valence-electron chi connectivity index (χ2n) is 8.27. The van der Waals surface area contributed by atoms with E-state index in [1.807, 2.05) is 0 Å². The van der Waals surface area contributed by atoms with Gasteiger partial charge in [-0.2, -0.15) is 0 Å². The zero-order chi connectivity index (χ0) is 29.0. The second kappa shape index (κ2) is 14.7. The number of rotatable bonds is 16. The number of amides is 5. The maximum absolute atomic E-state index is 12.8. The van der Waals surface area contributed by atoms with Crippen molar-refractivity contribution in [2.24, 2.45) is 17.2 Å². The van der Waals surface area contributed by atoms with Gasteiger partial charge in [-0.1, -0.05) is 12.1 Å². The summed E-state index contributed by atoms with van der Waals surface area (Å²) in [6.07, 6.45) is -2.45. The SMILES string of the molecule is NC(=O)CC(NC(=O)C(N)CCC(=O)O)C(=O)NC(CC(N)=O)C(=O)NC(Cc1ccc(O)cc1)C(=O)O. The second-order valence-corrected chi connectivity index (χ2v) is 8.27. The third-order valence-corrected chi connectivity index (χ3v) is 5.07. The molecular formula is C22H30N6O10. The summed E-state index contributed by atoms with van der Waals surface area (Å²) in [4.78, 5) is 83.2. The first-order chi connectivity index (χ1) is 17.7. The molecule has 1 aromatic rings. The molecule has 38 heavy (non-hydrogen) atoms. The minimum absolute atomic E-state index is 0.0608. The van der Waals surface area contributed by atoms with Crippen LogP contribution in [0.5, 0.6) is 5.75 Å². The molecule has 1 rings (SSSR count). The molecule has 0 aliphatic carbocycles. The lowest BCUT2D eigenvalue weighted by Crippen LogP contribution is -2.58. The fourth-order valence-corrected chi connectivity index (χ4v) is 3.12. The number of carboxylic acid groups (broad SMARTS) is 2. The number of aliphatic carboxylic acids is 2. The van der Waals surface area contributed by atoms with Crippen LogP contribution >= 0.6 is 0 Å². The van der Waals surface area contributed by atoms with Crippen molar-refractivity contribution in [1.82, 2.24) is 16.0 Å². The molecule has 0 fully saturated rings. The third-order valence-electron chi connectivity index (χ3n) is 5.07. The highest BCUT2D eigenvalue weighted by atomic mass is 16.4. The number of primary amides is 2. The number of aromatic hydroxyl groups is 1. The number of carboxylic acids is 2. The Morgan fingerprint density at radius 3 is 1.61 bits per heavy atom. The van der Waals surface area contributed by atoms with E-state index in [9.17, 15) is 43.8 Å². The molecule has 12 N–H and O–H groups in total. The summed E-state index contributed by atoms with van der Waals surface area (Å²) in [6.45, 7) is 0. The summed E-state index contributed by atoms with van der Waals surface area (Å²) < 4.78 is 0. The summed E-state index contributed by atoms with van der Waals surface area (Å²) >= 11 is 0. The van der Waals surface area contributed by atoms with Crippen molar-refractivity contribution >= 4 is 41.5 Å². The van der Waals surface area contributed by atoms with Crippen molar-refractivity contribution < 1.29 is 48.9 Å². The molecule has 1 aromatic carbocycles. The smallest absolute Gasteiger partial charge is 0.326 e. The highest BCUT2D eigenvalue weighted by Gasteiger charge is 2.32. The zero-order valence-electron chi connectivity index (χ0n) is 20.1. The predicted molar refractivity (Wildman–Crippen MR) is 128 cm³/mol. The van der Waals surface area contributed by atoms with Gasteiger partial charge in [0.2, 0.25) is 29.5 Å². The predicted octanol–water partition coefficient (Wildman–Crippen LogP) is -3.58. The summed E-state index contributed by atoms with van der Waals surface area (Å²) in [6, 6.07) is -0.736. The molecule has 0 saturated carbocycles. The van der Waals surface area contributed by atoms with Crippen LogP contribution in [0.25, 0.3) is 0 Å². The summed E-state index contributed by atoms with van der Waals surface area (Å²) in [5.74, 6) is -8.02. The number of nitrogens with one attached hydrogen (secondary N) is 3. The van der Waals surface area contributed by atoms with Crippen molar-refractivity contribution in [3.8, 4) is 5.75 Å². The van der Waals surface area contributed by atoms with Gasteiger partial charge in [-0.05, 0) is 24.1 Å². The normalized spacial score (nSPS) is 13.7. The highest BCUT2D eigenvalue weighted by Crippen LogP contribution is 2.12. The number of carbonyl (C=O) groups is 7. The molecule has 0 aliphatic rings. The lowest BCUT2D eigenvalue weighted by atomic mass is 10.0. The molecule has 16 heteroatoms. The van der Waals surface area contributed by atoms with Gasteiger partial charge in [0.15, 0.2) is 0 Å². The Morgan fingerprint density at radius 1 is 0.737 bits per heavy atom. The minimum atomic E-state index is -1.70. The van der Waals surface area contributed by atoms with Crippen LogP contribution in [0.1, 0.15) is 31.2 Å². The molecule has 0 bridgehead atoms. The van der Waals surface area contributed by atoms with Gasteiger partial charge in [0.25, 0.3) is 0 Å². The van der Waals surface area contributed by atoms with Gasteiger partial charge in [0, 0.05) is 12.8 Å². The van der Waals surface area contributed by atoms with E-state index in [4.69, 9.17) is 22.3 Å². The number of hydrogen-bond donors (Lipinski definition) is 9. The fourth-order valence-electron chi connectivity index (χ4n) is 3.12. The maximum Gasteiger partial charge on any atom is 0.326 e. The quantitative estimate of drug-likeness (QED) is 0.0990. The largest absolute Gasteiger partial charge is 0.508 e. The van der Waals surface area contributed by atoms with Gasteiger partial charge in [0.05, 0.1) is 18.9 Å². The lowest BCUT2D eigenvalue weighted by Gasteiger charge is -2.24. The maximum atomic E-state index is 12.8. The first kappa shape index (κ1) is 31.3. The molecule has 0 radical (unpaired) electrons. The number of carbonyl (C=O) groups excluding carboxylic acids is 5. The molecule has 4 atom stereocenters. The van der Waals surface area contributed by atoms with Crippen LogP contribution in [0, 0.1) is 0 Å². The van der Waals surface area contributed by atoms with E-state index in [1.165, 1.54) is 24.3 Å². The molecular weight excluding hydrogens is 508 g/mol. The van der Waals surface area contributed by atoms with E-state index in [-0.39, 0.29) is 18.6 Å². The number of hydrogen-bond acceptors (Lipinski definition) is 9. The van der Waals surface area contributed by atoms with E-state index >= 15 is 0 Å². The Kier molecular flexibility index (Phi) is 12.1. The van der Waals surface area contributed by atoms with Crippen molar-refractivity contribution in [1.29, 1.82) is 0 Å². The number of nitrogens with two attached hydrogens (primary N) is 3. The topological polar surface area (TPSA) is 294 Å². The van der Waals surface area contributed by atoms with Gasteiger partial charge in [-0.3, -0.25) is 28.8 Å². The Hall–Kier alpha value is -4.73. The van der Waals surface area contributed by atoms with Crippen LogP contribution < -0.4 is 33.2 Å². The first-order valence-corrected chi connectivity index (χ1v) is 11.1. The lowest BCUT2D eigenvalue weighted by molar-refractivity contribution is -0.142. The molecule has 4 unspecified atom stereocenters. The number of phenols is 1. The Balaban J connectivity index is 3.02. The van der Waals surface area contributed by atoms with Gasteiger partial charge >= 0.3 is 11.9 Å². The highest BCUT2D eigenvalue weighted by molar-refractivity contribution is 5.97. The third kappa shape index (κ3) is 11.3. The summed E-state index contributed by atoms with van der Waals surface area (Å²) in [7, 11) is 0. The van der Waals surface area contributed by atoms with Crippen LogP contribution in [0.15, 0.2) is 24.3 Å². The van der Waals surface area contributed by atoms with Crippen LogP contribution in [0.4, 0.5) is 0 Å². The van der Waals surface area contributed by atoms with Crippen LogP contribution in [0.3, 0.4) is 0 Å². The molecule has 208 valence electrons. The van der Waals surface area contributed by atoms with Crippen LogP contribution in [-0.2, 0) is 40.0 Å². The average molecular weight is 539 g/mol. The Bertz CT molecular complexity index is 1060. The van der Waals surface area contributed by atoms with Crippen molar-refractivity contribution in [3.05, 3.63) is 29.8 Å². The van der Waals surface area contributed by atoms with E-state index in [2.05, 4.69) is 16.0 Å². The summed E-state index contributed by atoms with van der Waals surface area (Å²) in [5, 5.41) is 34.0. The Labute approximate surface area is 215 Å². The van der Waals surface area contributed by atoms with Gasteiger partial charge in [0.1, 0.15) is 23.9 Å². The van der Waals surface area contributed by atoms with Crippen molar-refractivity contribution in [2.75, 3.05) is 0 Å². The first-order valence-electron chi connectivity index (χ1n) is 11.1. The summed E-state index contributed by atoms with van der Waals surface area (Å²) in [5.41, 5.74) is 16.3. The Morgan fingerprint density at radius 2 is 1.18 bits per heavy atom. The molecule has 5 amide bonds. The van der Waals surface area contributed by atoms with Gasteiger partial charge < -0.3 is 48.5 Å². The molecule has 0 spiro atoms. The molecule has 0 aromatic heterocycles. The van der Waals surface area contributed by atoms with E-state index in [1.54, 1.807) is 0 Å². The van der Waals surface area contributed by atoms with E-state index in [0.29, 0.717) is 5.56 Å². The number of phenolic OH excluding ortho intramolecular Hbond substituents is 1. The molecule has 0 aliphatic heterocycles. The van der Waals surface area contributed by atoms with Crippen molar-refractivity contribution in [2.45, 2.75) is 56.3 Å². The van der Waals surface area contributed by atoms with Crippen molar-refractivity contribution in [3.63, 3.8) is 0 Å².